The van der Waals surface area contributed by atoms with Crippen LogP contribution in [0.3, 0.4) is 0 Å². The van der Waals surface area contributed by atoms with E-state index in [-0.39, 0.29) is 10.4 Å². The van der Waals surface area contributed by atoms with Gasteiger partial charge in [-0.2, -0.15) is 0 Å². The van der Waals surface area contributed by atoms with E-state index in [0.717, 1.165) is 25.3 Å². The lowest BCUT2D eigenvalue weighted by Gasteiger charge is -2.42. The van der Waals surface area contributed by atoms with Gasteiger partial charge in [-0.3, -0.25) is 9.89 Å². The molecule has 0 aliphatic carbocycles. The van der Waals surface area contributed by atoms with Gasteiger partial charge in [-0.1, -0.05) is 15.9 Å². The van der Waals surface area contributed by atoms with Crippen LogP contribution in [0.2, 0.25) is 0 Å². The molecule has 2 aliphatic rings. The number of nitrogens with two attached hydrogens (primary N) is 1. The van der Waals surface area contributed by atoms with Gasteiger partial charge in [0.15, 0.2) is 5.96 Å². The van der Waals surface area contributed by atoms with Crippen LogP contribution in [-0.2, 0) is 5.54 Å². The first-order chi connectivity index (χ1) is 9.02. The minimum atomic E-state index is -0.365. The van der Waals surface area contributed by atoms with Gasteiger partial charge in [0.05, 0.1) is 0 Å². The molecule has 0 amide bonds. The Balaban J connectivity index is 2.10. The molecule has 2 aliphatic heterocycles. The van der Waals surface area contributed by atoms with E-state index in [2.05, 4.69) is 46.2 Å². The third kappa shape index (κ3) is 2.01. The molecule has 102 valence electrons. The average molecular weight is 341 g/mol. The first-order valence-electron chi connectivity index (χ1n) is 6.39. The third-order valence-corrected chi connectivity index (χ3v) is 6.24. The maximum absolute atomic E-state index is 6.15. The molecule has 1 aromatic rings. The molecular formula is C13H17BrN4S. The molecule has 0 radical (unpaired) electrons. The highest BCUT2D eigenvalue weighted by Gasteiger charge is 2.45. The second-order valence-electron chi connectivity index (χ2n) is 5.21. The number of fused-ring (bicyclic) bond motifs is 1. The number of halogens is 1. The number of hydrogen-bond acceptors (Lipinski definition) is 5. The molecule has 0 aromatic carbocycles. The number of amidine groups is 1. The van der Waals surface area contributed by atoms with Gasteiger partial charge >= 0.3 is 0 Å². The summed E-state index contributed by atoms with van der Waals surface area (Å²) < 4.78 is 0. The van der Waals surface area contributed by atoms with E-state index in [1.807, 2.05) is 4.90 Å². The highest BCUT2D eigenvalue weighted by Crippen LogP contribution is 2.41. The Bertz CT molecular complexity index is 565. The summed E-state index contributed by atoms with van der Waals surface area (Å²) in [5, 5.41) is 2.15. The van der Waals surface area contributed by atoms with Gasteiger partial charge in [0.25, 0.3) is 0 Å². The van der Waals surface area contributed by atoms with E-state index in [0.29, 0.717) is 5.96 Å². The molecule has 0 saturated carbocycles. The van der Waals surface area contributed by atoms with Gasteiger partial charge in [-0.15, -0.1) is 11.3 Å². The number of alkyl halides is 1. The summed E-state index contributed by atoms with van der Waals surface area (Å²) in [7, 11) is 0. The zero-order valence-corrected chi connectivity index (χ0v) is 13.5. The van der Waals surface area contributed by atoms with Crippen LogP contribution >= 0.6 is 27.3 Å². The van der Waals surface area contributed by atoms with Crippen LogP contribution in [0.4, 0.5) is 0 Å². The highest BCUT2D eigenvalue weighted by atomic mass is 79.9. The average Bonchev–Trinajstić information content (AvgIpc) is 2.84. The summed E-state index contributed by atoms with van der Waals surface area (Å²) in [6.07, 6.45) is 1.04. The molecule has 4 nitrogen and oxygen atoms in total. The fourth-order valence-corrected chi connectivity index (χ4v) is 4.48. The Labute approximate surface area is 125 Å². The Morgan fingerprint density at radius 1 is 1.58 bits per heavy atom. The number of aryl methyl sites for hydroxylation is 1. The van der Waals surface area contributed by atoms with Crippen molar-refractivity contribution < 1.29 is 0 Å². The van der Waals surface area contributed by atoms with Crippen molar-refractivity contribution in [2.45, 2.75) is 30.6 Å². The second-order valence-corrected chi connectivity index (χ2v) is 7.04. The van der Waals surface area contributed by atoms with Crippen molar-refractivity contribution in [2.24, 2.45) is 15.7 Å². The van der Waals surface area contributed by atoms with Crippen molar-refractivity contribution in [1.29, 1.82) is 0 Å². The topological polar surface area (TPSA) is 54.0 Å². The first-order valence-corrected chi connectivity index (χ1v) is 8.19. The summed E-state index contributed by atoms with van der Waals surface area (Å²) in [5.41, 5.74) is 7.05. The summed E-state index contributed by atoms with van der Waals surface area (Å²) in [6.45, 7) is 6.02. The van der Waals surface area contributed by atoms with Crippen LogP contribution in [0.5, 0.6) is 0 Å². The maximum Gasteiger partial charge on any atom is 0.197 e. The van der Waals surface area contributed by atoms with Crippen molar-refractivity contribution in [1.82, 2.24) is 4.90 Å². The summed E-state index contributed by atoms with van der Waals surface area (Å²) >= 11 is 5.53. The molecule has 0 saturated heterocycles. The second kappa shape index (κ2) is 4.59. The minimum Gasteiger partial charge on any atom is -0.369 e. The molecule has 3 heterocycles. The molecule has 1 unspecified atom stereocenters. The van der Waals surface area contributed by atoms with Crippen LogP contribution in [0.15, 0.2) is 21.4 Å². The van der Waals surface area contributed by atoms with Crippen LogP contribution in [0.1, 0.15) is 23.8 Å². The number of aliphatic imine (C=N–C) groups is 2. The van der Waals surface area contributed by atoms with Crippen LogP contribution in [0.25, 0.3) is 0 Å². The predicted molar refractivity (Wildman–Crippen MR) is 84.4 cm³/mol. The van der Waals surface area contributed by atoms with Gasteiger partial charge in [0, 0.05) is 18.0 Å². The third-order valence-electron chi connectivity index (χ3n) is 3.66. The standard InChI is InChI=1S/C13H17BrN4S/c1-8-6-9(19-7-8)13(2)10(14)11-16-4-3-5-18(11)12(15)17-13/h6-7,10H,3-5H2,1-2H3,(H2,15,17)/t10?,13-/m1/s1. The van der Waals surface area contributed by atoms with Gasteiger partial charge in [0.2, 0.25) is 0 Å². The monoisotopic (exact) mass is 340 g/mol. The molecule has 0 spiro atoms. The van der Waals surface area contributed by atoms with Crippen molar-refractivity contribution in [3.05, 3.63) is 21.9 Å². The number of thiophene rings is 1. The molecule has 0 bridgehead atoms. The fraction of sp³-hybridized carbons (Fsp3) is 0.538. The summed E-state index contributed by atoms with van der Waals surface area (Å²) in [5.74, 6) is 1.61. The van der Waals surface area contributed by atoms with E-state index in [9.17, 15) is 0 Å². The fourth-order valence-electron chi connectivity index (χ4n) is 2.55. The van der Waals surface area contributed by atoms with Gasteiger partial charge < -0.3 is 5.73 Å². The van der Waals surface area contributed by atoms with Crippen molar-refractivity contribution in [3.63, 3.8) is 0 Å². The lowest BCUT2D eigenvalue weighted by atomic mass is 9.92. The molecule has 2 atom stereocenters. The first kappa shape index (κ1) is 13.1. The predicted octanol–water partition coefficient (Wildman–Crippen LogP) is 2.47. The van der Waals surface area contributed by atoms with Crippen LogP contribution in [-0.4, -0.2) is 34.6 Å². The lowest BCUT2D eigenvalue weighted by molar-refractivity contribution is 0.440. The van der Waals surface area contributed by atoms with Crippen molar-refractivity contribution in [2.75, 3.05) is 13.1 Å². The van der Waals surface area contributed by atoms with Gasteiger partial charge in [0.1, 0.15) is 16.2 Å². The molecule has 1 aromatic heterocycles. The molecule has 0 fully saturated rings. The molecular weight excluding hydrogens is 324 g/mol. The van der Waals surface area contributed by atoms with E-state index >= 15 is 0 Å². The maximum atomic E-state index is 6.15. The van der Waals surface area contributed by atoms with Crippen molar-refractivity contribution in [3.8, 4) is 0 Å². The quantitative estimate of drug-likeness (QED) is 0.798. The Morgan fingerprint density at radius 2 is 2.37 bits per heavy atom. The molecule has 3 rings (SSSR count). The molecule has 6 heteroatoms. The highest BCUT2D eigenvalue weighted by molar-refractivity contribution is 9.10. The zero-order chi connectivity index (χ0) is 13.6. The van der Waals surface area contributed by atoms with Crippen LogP contribution in [0, 0.1) is 6.92 Å². The van der Waals surface area contributed by atoms with Crippen molar-refractivity contribution >= 4 is 39.1 Å². The van der Waals surface area contributed by atoms with E-state index in [1.165, 1.54) is 10.4 Å². The smallest absolute Gasteiger partial charge is 0.197 e. The normalized spacial score (nSPS) is 30.7. The number of hydrogen-bond donors (Lipinski definition) is 1. The summed E-state index contributed by atoms with van der Waals surface area (Å²) in [4.78, 5) is 12.7. The Morgan fingerprint density at radius 3 is 3.05 bits per heavy atom. The number of rotatable bonds is 1. The zero-order valence-electron chi connectivity index (χ0n) is 11.1. The number of guanidine groups is 1. The Kier molecular flexibility index (Phi) is 3.17. The van der Waals surface area contributed by atoms with E-state index in [1.54, 1.807) is 11.3 Å². The minimum absolute atomic E-state index is 0.0747. The SMILES string of the molecule is Cc1csc([C@@]2(C)N=C(N)N3CCCN=C3C2Br)c1. The van der Waals surface area contributed by atoms with Gasteiger partial charge in [-0.25, -0.2) is 4.99 Å². The molecule has 2 N–H and O–H groups in total. The molecule has 19 heavy (non-hydrogen) atoms. The lowest BCUT2D eigenvalue weighted by Crippen LogP contribution is -2.57. The van der Waals surface area contributed by atoms with Crippen LogP contribution < -0.4 is 5.73 Å². The van der Waals surface area contributed by atoms with E-state index in [4.69, 9.17) is 10.7 Å². The van der Waals surface area contributed by atoms with Gasteiger partial charge in [-0.05, 0) is 37.3 Å². The summed E-state index contributed by atoms with van der Waals surface area (Å²) in [6, 6.07) is 2.19. The largest absolute Gasteiger partial charge is 0.369 e. The Hall–Kier alpha value is -0.880. The number of nitrogens with zero attached hydrogens (tertiary/aromatic N) is 3. The van der Waals surface area contributed by atoms with E-state index < -0.39 is 0 Å².